The Labute approximate surface area is 190 Å². The fourth-order valence-corrected chi connectivity index (χ4v) is 4.50. The zero-order chi connectivity index (χ0) is 22.4. The maximum Gasteiger partial charge on any atom is 0.251 e. The highest BCUT2D eigenvalue weighted by molar-refractivity contribution is 6.05. The molecule has 0 bridgehead atoms. The number of H-pyrrole nitrogens is 1. The first-order valence-corrected chi connectivity index (χ1v) is 11.0. The van der Waals surface area contributed by atoms with Crippen molar-refractivity contribution < 1.29 is 9.53 Å². The van der Waals surface area contributed by atoms with Crippen LogP contribution in [0.5, 0.6) is 0 Å². The zero-order valence-corrected chi connectivity index (χ0v) is 18.2. The van der Waals surface area contributed by atoms with Gasteiger partial charge in [-0.05, 0) is 36.2 Å². The van der Waals surface area contributed by atoms with Gasteiger partial charge in [-0.15, -0.1) is 0 Å². The molecule has 1 N–H and O–H groups in total. The molecule has 2 aliphatic heterocycles. The van der Waals surface area contributed by atoms with Gasteiger partial charge in [0.1, 0.15) is 5.82 Å². The summed E-state index contributed by atoms with van der Waals surface area (Å²) >= 11 is 0. The quantitative estimate of drug-likeness (QED) is 0.524. The van der Waals surface area contributed by atoms with Gasteiger partial charge in [-0.3, -0.25) is 9.89 Å². The minimum Gasteiger partial charge on any atom is -0.377 e. The van der Waals surface area contributed by atoms with E-state index >= 15 is 0 Å². The molecule has 0 aliphatic carbocycles. The van der Waals surface area contributed by atoms with Gasteiger partial charge in [-0.2, -0.15) is 14.9 Å². The van der Waals surface area contributed by atoms with Crippen molar-refractivity contribution in [1.82, 2.24) is 25.0 Å². The number of nitrogens with zero attached hydrogens (tertiary/aromatic N) is 6. The molecule has 0 radical (unpaired) electrons. The second-order valence-electron chi connectivity index (χ2n) is 8.28. The standard InChI is InChI=1S/C24H23N7O2/c1-16-15-33-11-10-29(16)22-13-19(17-4-2-5-18(12-17)30-9-3-6-23(30)32)20-14-26-31(24(20)27-22)21-7-8-25-28-21/h2-8,12-14,16H,9-11,15H2,1H3,(H,25,28)/t16-/m1/s1. The van der Waals surface area contributed by atoms with Crippen LogP contribution in [0.3, 0.4) is 0 Å². The predicted molar refractivity (Wildman–Crippen MR) is 126 cm³/mol. The SMILES string of the molecule is C[C@@H]1COCCN1c1cc(-c2cccc(N3CC=CC3=O)c2)c2cnn(-c3ccn[nH]3)c2n1. The Morgan fingerprint density at radius 1 is 1.21 bits per heavy atom. The van der Waals surface area contributed by atoms with Gasteiger partial charge in [-0.1, -0.05) is 18.2 Å². The summed E-state index contributed by atoms with van der Waals surface area (Å²) in [5.41, 5.74) is 3.64. The van der Waals surface area contributed by atoms with E-state index in [1.165, 1.54) is 0 Å². The molecule has 1 atom stereocenters. The lowest BCUT2D eigenvalue weighted by molar-refractivity contribution is -0.113. The Bertz CT molecular complexity index is 1360. The van der Waals surface area contributed by atoms with Crippen molar-refractivity contribution >= 4 is 28.4 Å². The molecule has 5 heterocycles. The normalized spacial score (nSPS) is 18.6. The first-order chi connectivity index (χ1) is 16.2. The predicted octanol–water partition coefficient (Wildman–Crippen LogP) is 2.94. The van der Waals surface area contributed by atoms with Gasteiger partial charge in [0.05, 0.1) is 31.6 Å². The number of carbonyl (C=O) groups is 1. The van der Waals surface area contributed by atoms with Crippen molar-refractivity contribution in [3.05, 3.63) is 60.9 Å². The number of amides is 1. The summed E-state index contributed by atoms with van der Waals surface area (Å²) in [7, 11) is 0. The number of anilines is 2. The number of hydrogen-bond donors (Lipinski definition) is 1. The molecule has 166 valence electrons. The van der Waals surface area contributed by atoms with Crippen LogP contribution in [0.2, 0.25) is 0 Å². The fraction of sp³-hybridized carbons (Fsp3) is 0.250. The van der Waals surface area contributed by atoms with Gasteiger partial charge in [0.15, 0.2) is 11.5 Å². The number of nitrogens with one attached hydrogen (secondary N) is 1. The number of pyridine rings is 1. The van der Waals surface area contributed by atoms with Crippen LogP contribution in [0, 0.1) is 0 Å². The van der Waals surface area contributed by atoms with Crippen LogP contribution in [-0.2, 0) is 9.53 Å². The summed E-state index contributed by atoms with van der Waals surface area (Å²) in [5.74, 6) is 1.62. The molecule has 1 saturated heterocycles. The highest BCUT2D eigenvalue weighted by Crippen LogP contribution is 2.35. The molecule has 33 heavy (non-hydrogen) atoms. The maximum atomic E-state index is 12.3. The smallest absolute Gasteiger partial charge is 0.251 e. The highest BCUT2D eigenvalue weighted by atomic mass is 16.5. The number of morpholine rings is 1. The number of rotatable bonds is 4. The lowest BCUT2D eigenvalue weighted by Crippen LogP contribution is -2.44. The van der Waals surface area contributed by atoms with Crippen LogP contribution in [0.4, 0.5) is 11.5 Å². The van der Waals surface area contributed by atoms with Crippen LogP contribution in [0.15, 0.2) is 60.9 Å². The van der Waals surface area contributed by atoms with Gasteiger partial charge in [0.25, 0.3) is 5.91 Å². The number of benzene rings is 1. The molecule has 0 saturated carbocycles. The van der Waals surface area contributed by atoms with Crippen LogP contribution in [0.25, 0.3) is 28.0 Å². The summed E-state index contributed by atoms with van der Waals surface area (Å²) < 4.78 is 7.42. The molecule has 0 unspecified atom stereocenters. The molecule has 1 fully saturated rings. The Morgan fingerprint density at radius 3 is 2.94 bits per heavy atom. The summed E-state index contributed by atoms with van der Waals surface area (Å²) in [6.45, 7) is 4.82. The lowest BCUT2D eigenvalue weighted by Gasteiger charge is -2.34. The molecule has 3 aromatic heterocycles. The zero-order valence-electron chi connectivity index (χ0n) is 18.2. The summed E-state index contributed by atoms with van der Waals surface area (Å²) in [4.78, 5) is 21.3. The molecule has 9 nitrogen and oxygen atoms in total. The van der Waals surface area contributed by atoms with Gasteiger partial charge in [-0.25, -0.2) is 4.98 Å². The van der Waals surface area contributed by atoms with Crippen molar-refractivity contribution in [2.24, 2.45) is 0 Å². The minimum absolute atomic E-state index is 0.00178. The van der Waals surface area contributed by atoms with Crippen molar-refractivity contribution in [2.75, 3.05) is 36.1 Å². The third-order valence-electron chi connectivity index (χ3n) is 6.19. The average molecular weight is 441 g/mol. The number of ether oxygens (including phenoxy) is 1. The Morgan fingerprint density at radius 2 is 2.15 bits per heavy atom. The Balaban J connectivity index is 1.53. The number of aromatic nitrogens is 5. The molecular formula is C24H23N7O2. The van der Waals surface area contributed by atoms with E-state index in [4.69, 9.17) is 9.72 Å². The molecular weight excluding hydrogens is 418 g/mol. The first-order valence-electron chi connectivity index (χ1n) is 11.0. The van der Waals surface area contributed by atoms with Crippen LogP contribution in [-0.4, -0.2) is 63.2 Å². The van der Waals surface area contributed by atoms with Gasteiger partial charge in [0, 0.05) is 36.3 Å². The topological polar surface area (TPSA) is 92.2 Å². The number of hydrogen-bond acceptors (Lipinski definition) is 6. The van der Waals surface area contributed by atoms with E-state index in [0.717, 1.165) is 46.0 Å². The van der Waals surface area contributed by atoms with Gasteiger partial charge < -0.3 is 14.5 Å². The molecule has 9 heteroatoms. The average Bonchev–Trinajstić information content (AvgIpc) is 3.59. The van der Waals surface area contributed by atoms with E-state index in [1.807, 2.05) is 30.5 Å². The van der Waals surface area contributed by atoms with Crippen LogP contribution in [0.1, 0.15) is 6.92 Å². The van der Waals surface area contributed by atoms with E-state index in [2.05, 4.69) is 45.3 Å². The van der Waals surface area contributed by atoms with E-state index in [-0.39, 0.29) is 11.9 Å². The molecule has 4 aromatic rings. The minimum atomic E-state index is 0.00178. The van der Waals surface area contributed by atoms with Crippen LogP contribution < -0.4 is 9.80 Å². The second-order valence-corrected chi connectivity index (χ2v) is 8.28. The number of carbonyl (C=O) groups excluding carboxylic acids is 1. The summed E-state index contributed by atoms with van der Waals surface area (Å²) in [5, 5.41) is 12.6. The number of aromatic amines is 1. The van der Waals surface area contributed by atoms with Gasteiger partial charge >= 0.3 is 0 Å². The van der Waals surface area contributed by atoms with E-state index in [9.17, 15) is 4.79 Å². The van der Waals surface area contributed by atoms with E-state index < -0.39 is 0 Å². The second kappa shape index (κ2) is 7.86. The third-order valence-corrected chi connectivity index (χ3v) is 6.19. The highest BCUT2D eigenvalue weighted by Gasteiger charge is 2.24. The number of fused-ring (bicyclic) bond motifs is 1. The molecule has 1 amide bonds. The van der Waals surface area contributed by atoms with E-state index in [1.54, 1.807) is 21.9 Å². The van der Waals surface area contributed by atoms with Crippen molar-refractivity contribution in [2.45, 2.75) is 13.0 Å². The van der Waals surface area contributed by atoms with Crippen molar-refractivity contribution in [3.8, 4) is 16.9 Å². The van der Waals surface area contributed by atoms with Crippen molar-refractivity contribution in [1.29, 1.82) is 0 Å². The van der Waals surface area contributed by atoms with Gasteiger partial charge in [0.2, 0.25) is 0 Å². The molecule has 2 aliphatic rings. The fourth-order valence-electron chi connectivity index (χ4n) is 4.50. The summed E-state index contributed by atoms with van der Waals surface area (Å²) in [6.07, 6.45) is 7.03. The first kappa shape index (κ1) is 19.7. The maximum absolute atomic E-state index is 12.3. The van der Waals surface area contributed by atoms with Crippen LogP contribution >= 0.6 is 0 Å². The molecule has 1 aromatic carbocycles. The Kier molecular flexibility index (Phi) is 4.69. The third kappa shape index (κ3) is 3.37. The summed E-state index contributed by atoms with van der Waals surface area (Å²) in [6, 6.07) is 12.3. The Hall–Kier alpha value is -3.98. The molecule has 6 rings (SSSR count). The largest absolute Gasteiger partial charge is 0.377 e. The molecule has 0 spiro atoms. The lowest BCUT2D eigenvalue weighted by atomic mass is 10.0. The van der Waals surface area contributed by atoms with Crippen molar-refractivity contribution in [3.63, 3.8) is 0 Å². The monoisotopic (exact) mass is 441 g/mol. The van der Waals surface area contributed by atoms with E-state index in [0.29, 0.717) is 19.8 Å².